The molecule has 0 aromatic heterocycles. The summed E-state index contributed by atoms with van der Waals surface area (Å²) in [6.45, 7) is 1.35. The molecule has 0 radical (unpaired) electrons. The van der Waals surface area contributed by atoms with Crippen LogP contribution in [0.25, 0.3) is 0 Å². The SMILES string of the molecule is NCc1ccc(Cl)c(S(=O)(=O)NC2CCCOC2)c1. The van der Waals surface area contributed by atoms with E-state index in [0.717, 1.165) is 18.4 Å². The number of halogens is 1. The number of ether oxygens (including phenoxy) is 1. The highest BCUT2D eigenvalue weighted by molar-refractivity contribution is 7.89. The summed E-state index contributed by atoms with van der Waals surface area (Å²) in [6, 6.07) is 4.58. The molecule has 1 aliphatic heterocycles. The molecule has 0 aliphatic carbocycles. The predicted octanol–water partition coefficient (Wildman–Crippen LogP) is 1.26. The van der Waals surface area contributed by atoms with Crippen molar-refractivity contribution >= 4 is 21.6 Å². The molecule has 19 heavy (non-hydrogen) atoms. The summed E-state index contributed by atoms with van der Waals surface area (Å²) in [5, 5.41) is 0.196. The first-order valence-corrected chi connectivity index (χ1v) is 7.97. The third kappa shape index (κ3) is 3.67. The second kappa shape index (κ2) is 6.19. The fourth-order valence-corrected chi connectivity index (χ4v) is 3.80. The maximum Gasteiger partial charge on any atom is 0.242 e. The Morgan fingerprint density at radius 2 is 2.26 bits per heavy atom. The molecule has 1 atom stereocenters. The molecule has 1 heterocycles. The van der Waals surface area contributed by atoms with E-state index in [4.69, 9.17) is 22.1 Å². The number of hydrogen-bond donors (Lipinski definition) is 2. The van der Waals surface area contributed by atoms with Crippen LogP contribution >= 0.6 is 11.6 Å². The van der Waals surface area contributed by atoms with Crippen molar-refractivity contribution in [3.05, 3.63) is 28.8 Å². The summed E-state index contributed by atoms with van der Waals surface area (Å²) in [5.74, 6) is 0. The third-order valence-corrected chi connectivity index (χ3v) is 5.01. The lowest BCUT2D eigenvalue weighted by Gasteiger charge is -2.23. The van der Waals surface area contributed by atoms with E-state index in [1.807, 2.05) is 0 Å². The zero-order valence-corrected chi connectivity index (χ0v) is 12.0. The Balaban J connectivity index is 2.23. The van der Waals surface area contributed by atoms with Gasteiger partial charge in [-0.05, 0) is 30.5 Å². The Kier molecular flexibility index (Phi) is 4.81. The van der Waals surface area contributed by atoms with E-state index < -0.39 is 10.0 Å². The van der Waals surface area contributed by atoms with E-state index in [2.05, 4.69) is 4.72 Å². The second-order valence-corrected chi connectivity index (χ2v) is 6.59. The van der Waals surface area contributed by atoms with Gasteiger partial charge in [0.15, 0.2) is 0 Å². The molecule has 3 N–H and O–H groups in total. The monoisotopic (exact) mass is 304 g/mol. The van der Waals surface area contributed by atoms with Crippen molar-refractivity contribution in [2.75, 3.05) is 13.2 Å². The van der Waals surface area contributed by atoms with Gasteiger partial charge in [-0.2, -0.15) is 0 Å². The summed E-state index contributed by atoms with van der Waals surface area (Å²) < 4.78 is 32.5. The van der Waals surface area contributed by atoms with E-state index in [1.165, 1.54) is 6.07 Å². The van der Waals surface area contributed by atoms with Crippen LogP contribution in [0.3, 0.4) is 0 Å². The molecule has 1 aromatic carbocycles. The maximum atomic E-state index is 12.3. The van der Waals surface area contributed by atoms with Crippen LogP contribution in [-0.4, -0.2) is 27.7 Å². The zero-order chi connectivity index (χ0) is 13.9. The maximum absolute atomic E-state index is 12.3. The van der Waals surface area contributed by atoms with Crippen LogP contribution in [0.5, 0.6) is 0 Å². The van der Waals surface area contributed by atoms with E-state index in [1.54, 1.807) is 12.1 Å². The van der Waals surface area contributed by atoms with Gasteiger partial charge in [-0.15, -0.1) is 0 Å². The lowest BCUT2D eigenvalue weighted by atomic mass is 10.1. The van der Waals surface area contributed by atoms with Crippen LogP contribution in [0.2, 0.25) is 5.02 Å². The predicted molar refractivity (Wildman–Crippen MR) is 73.5 cm³/mol. The lowest BCUT2D eigenvalue weighted by Crippen LogP contribution is -2.40. The number of hydrogen-bond acceptors (Lipinski definition) is 4. The summed E-state index contributed by atoms with van der Waals surface area (Å²) >= 11 is 5.96. The largest absolute Gasteiger partial charge is 0.380 e. The van der Waals surface area contributed by atoms with Gasteiger partial charge in [0.25, 0.3) is 0 Å². The first kappa shape index (κ1) is 14.7. The molecule has 2 rings (SSSR count). The topological polar surface area (TPSA) is 81.4 Å². The van der Waals surface area contributed by atoms with Crippen LogP contribution < -0.4 is 10.5 Å². The quantitative estimate of drug-likeness (QED) is 0.877. The van der Waals surface area contributed by atoms with Crippen LogP contribution in [0.15, 0.2) is 23.1 Å². The van der Waals surface area contributed by atoms with Gasteiger partial charge in [0.2, 0.25) is 10.0 Å². The summed E-state index contributed by atoms with van der Waals surface area (Å²) in [6.07, 6.45) is 1.62. The van der Waals surface area contributed by atoms with Crippen molar-refractivity contribution in [3.63, 3.8) is 0 Å². The smallest absolute Gasteiger partial charge is 0.242 e. The highest BCUT2D eigenvalue weighted by Gasteiger charge is 2.24. The molecular formula is C12H17ClN2O3S. The summed E-state index contributed by atoms with van der Waals surface area (Å²) in [7, 11) is -3.64. The van der Waals surface area contributed by atoms with E-state index in [0.29, 0.717) is 13.2 Å². The van der Waals surface area contributed by atoms with E-state index >= 15 is 0 Å². The molecule has 1 aliphatic rings. The minimum absolute atomic E-state index is 0.0719. The fourth-order valence-electron chi connectivity index (χ4n) is 2.00. The summed E-state index contributed by atoms with van der Waals surface area (Å²) in [4.78, 5) is 0.0719. The fraction of sp³-hybridized carbons (Fsp3) is 0.500. The molecule has 0 bridgehead atoms. The number of nitrogens with one attached hydrogen (secondary N) is 1. The average Bonchev–Trinajstić information content (AvgIpc) is 2.39. The number of rotatable bonds is 4. The van der Waals surface area contributed by atoms with Crippen molar-refractivity contribution in [3.8, 4) is 0 Å². The van der Waals surface area contributed by atoms with Gasteiger partial charge in [0.05, 0.1) is 11.6 Å². The second-order valence-electron chi connectivity index (χ2n) is 4.50. The van der Waals surface area contributed by atoms with Gasteiger partial charge < -0.3 is 10.5 Å². The molecule has 0 spiro atoms. The van der Waals surface area contributed by atoms with Crippen LogP contribution in [0, 0.1) is 0 Å². The molecule has 1 saturated heterocycles. The van der Waals surface area contributed by atoms with Crippen molar-refractivity contribution in [1.29, 1.82) is 0 Å². The molecule has 106 valence electrons. The normalized spacial score (nSPS) is 20.4. The Morgan fingerprint density at radius 3 is 2.89 bits per heavy atom. The van der Waals surface area contributed by atoms with Crippen molar-refractivity contribution in [2.45, 2.75) is 30.3 Å². The average molecular weight is 305 g/mol. The molecule has 7 heteroatoms. The molecule has 1 unspecified atom stereocenters. The zero-order valence-electron chi connectivity index (χ0n) is 10.4. The van der Waals surface area contributed by atoms with Crippen LogP contribution in [-0.2, 0) is 21.3 Å². The van der Waals surface area contributed by atoms with Gasteiger partial charge in [-0.25, -0.2) is 13.1 Å². The Hall–Kier alpha value is -0.660. The standard InChI is InChI=1S/C12H17ClN2O3S/c13-11-4-3-9(7-14)6-12(11)19(16,17)15-10-2-1-5-18-8-10/h3-4,6,10,15H,1-2,5,7-8,14H2. The van der Waals surface area contributed by atoms with E-state index in [9.17, 15) is 8.42 Å². The lowest BCUT2D eigenvalue weighted by molar-refractivity contribution is 0.0774. The van der Waals surface area contributed by atoms with Gasteiger partial charge in [0, 0.05) is 19.2 Å². The Morgan fingerprint density at radius 1 is 1.47 bits per heavy atom. The molecule has 1 fully saturated rings. The Bertz CT molecular complexity index is 542. The molecule has 0 saturated carbocycles. The molecule has 5 nitrogen and oxygen atoms in total. The third-order valence-electron chi connectivity index (χ3n) is 3.00. The molecular weight excluding hydrogens is 288 g/mol. The van der Waals surface area contributed by atoms with Crippen LogP contribution in [0.1, 0.15) is 18.4 Å². The van der Waals surface area contributed by atoms with Gasteiger partial charge in [-0.1, -0.05) is 17.7 Å². The van der Waals surface area contributed by atoms with Gasteiger partial charge >= 0.3 is 0 Å². The van der Waals surface area contributed by atoms with Crippen molar-refractivity contribution in [1.82, 2.24) is 4.72 Å². The number of nitrogens with two attached hydrogens (primary N) is 1. The van der Waals surface area contributed by atoms with Gasteiger partial charge in [0.1, 0.15) is 4.90 Å². The van der Waals surface area contributed by atoms with Crippen molar-refractivity contribution < 1.29 is 13.2 Å². The molecule has 1 aromatic rings. The van der Waals surface area contributed by atoms with E-state index in [-0.39, 0.29) is 22.5 Å². The van der Waals surface area contributed by atoms with Crippen LogP contribution in [0.4, 0.5) is 0 Å². The summed E-state index contributed by atoms with van der Waals surface area (Å²) in [5.41, 5.74) is 6.24. The van der Waals surface area contributed by atoms with Gasteiger partial charge in [-0.3, -0.25) is 0 Å². The number of benzene rings is 1. The molecule has 0 amide bonds. The first-order chi connectivity index (χ1) is 9.03. The Labute approximate surface area is 118 Å². The minimum atomic E-state index is -3.64. The number of sulfonamides is 1. The van der Waals surface area contributed by atoms with Crippen molar-refractivity contribution in [2.24, 2.45) is 5.73 Å². The minimum Gasteiger partial charge on any atom is -0.380 e. The highest BCUT2D eigenvalue weighted by atomic mass is 35.5. The highest BCUT2D eigenvalue weighted by Crippen LogP contribution is 2.23. The first-order valence-electron chi connectivity index (χ1n) is 6.11.